The molecule has 150 valence electrons. The van der Waals surface area contributed by atoms with Crippen molar-refractivity contribution in [3.8, 4) is 11.8 Å². The minimum Gasteiger partial charge on any atom is -0.495 e. The van der Waals surface area contributed by atoms with E-state index in [0.717, 1.165) is 4.68 Å². The molecule has 1 fully saturated rings. The van der Waals surface area contributed by atoms with Gasteiger partial charge in [-0.25, -0.2) is 9.67 Å². The third-order valence-electron chi connectivity index (χ3n) is 4.74. The van der Waals surface area contributed by atoms with Crippen molar-refractivity contribution in [2.75, 3.05) is 7.11 Å². The Labute approximate surface area is 166 Å². The van der Waals surface area contributed by atoms with E-state index in [1.807, 2.05) is 0 Å². The summed E-state index contributed by atoms with van der Waals surface area (Å²) in [5.41, 5.74) is -0.481. The highest BCUT2D eigenvalue weighted by Gasteiger charge is 2.42. The van der Waals surface area contributed by atoms with Crippen LogP contribution < -0.4 is 10.3 Å². The minimum absolute atomic E-state index is 0.140. The molecular weight excluding hydrogens is 411 g/mol. The van der Waals surface area contributed by atoms with Crippen LogP contribution in [0.15, 0.2) is 29.1 Å². The lowest BCUT2D eigenvalue weighted by atomic mass is 10.2. The van der Waals surface area contributed by atoms with Gasteiger partial charge in [0.05, 0.1) is 37.0 Å². The number of aromatic nitrogens is 4. The van der Waals surface area contributed by atoms with Crippen LogP contribution in [0.1, 0.15) is 29.4 Å². The zero-order valence-electron chi connectivity index (χ0n) is 14.9. The number of pyridine rings is 1. The van der Waals surface area contributed by atoms with E-state index >= 15 is 0 Å². The first kappa shape index (κ1) is 19.3. The monoisotopic (exact) mass is 423 g/mol. The van der Waals surface area contributed by atoms with Gasteiger partial charge in [0.15, 0.2) is 5.69 Å². The van der Waals surface area contributed by atoms with E-state index < -0.39 is 17.4 Å². The summed E-state index contributed by atoms with van der Waals surface area (Å²) in [6.45, 7) is -0.202. The predicted molar refractivity (Wildman–Crippen MR) is 95.8 cm³/mol. The van der Waals surface area contributed by atoms with Crippen LogP contribution in [0.4, 0.5) is 13.2 Å². The number of nitrogens with zero attached hydrogens (tertiary/aromatic N) is 5. The maximum atomic E-state index is 12.8. The highest BCUT2D eigenvalue weighted by molar-refractivity contribution is 6.29. The Morgan fingerprint density at radius 3 is 2.72 bits per heavy atom. The van der Waals surface area contributed by atoms with Crippen molar-refractivity contribution in [1.82, 2.24) is 19.2 Å². The van der Waals surface area contributed by atoms with Gasteiger partial charge < -0.3 is 4.74 Å². The quantitative estimate of drug-likeness (QED) is 0.643. The Balaban J connectivity index is 1.77. The van der Waals surface area contributed by atoms with Crippen LogP contribution in [0.5, 0.6) is 5.75 Å². The van der Waals surface area contributed by atoms with Crippen molar-refractivity contribution >= 4 is 17.2 Å². The molecule has 11 heteroatoms. The van der Waals surface area contributed by atoms with Gasteiger partial charge in [0.2, 0.25) is 0 Å². The summed E-state index contributed by atoms with van der Waals surface area (Å²) in [6, 6.07) is 7.33. The third-order valence-corrected chi connectivity index (χ3v) is 5.04. The number of methoxy groups -OCH3 is 1. The molecule has 3 aromatic heterocycles. The van der Waals surface area contributed by atoms with Gasteiger partial charge in [0.25, 0.3) is 5.56 Å². The number of alkyl halides is 3. The lowest BCUT2D eigenvalue weighted by Crippen LogP contribution is -2.21. The summed E-state index contributed by atoms with van der Waals surface area (Å²) in [7, 11) is 1.47. The average molecular weight is 424 g/mol. The molecule has 3 heterocycles. The molecule has 3 aromatic rings. The molecule has 2 atom stereocenters. The van der Waals surface area contributed by atoms with Gasteiger partial charge in [-0.2, -0.15) is 23.5 Å². The normalized spacial score (nSPS) is 18.6. The summed E-state index contributed by atoms with van der Waals surface area (Å²) < 4.78 is 46.1. The van der Waals surface area contributed by atoms with Gasteiger partial charge in [-0.1, -0.05) is 11.6 Å². The number of rotatable bonds is 4. The molecule has 0 N–H and O–H groups in total. The largest absolute Gasteiger partial charge is 0.495 e. The van der Waals surface area contributed by atoms with Crippen molar-refractivity contribution in [3.05, 3.63) is 56.9 Å². The zero-order valence-corrected chi connectivity index (χ0v) is 15.7. The van der Waals surface area contributed by atoms with E-state index in [2.05, 4.69) is 16.2 Å². The van der Waals surface area contributed by atoms with E-state index in [0.29, 0.717) is 29.6 Å². The molecular formula is C18H13ClF3N5O2. The molecule has 29 heavy (non-hydrogen) atoms. The molecule has 1 aliphatic rings. The highest BCUT2D eigenvalue weighted by atomic mass is 35.5. The number of halogens is 4. The van der Waals surface area contributed by atoms with Crippen LogP contribution in [0.2, 0.25) is 5.15 Å². The first-order valence-electron chi connectivity index (χ1n) is 8.52. The molecule has 1 aliphatic carbocycles. The maximum Gasteiger partial charge on any atom is 0.435 e. The molecule has 1 saturated carbocycles. The maximum absolute atomic E-state index is 12.8. The van der Waals surface area contributed by atoms with E-state index in [1.165, 1.54) is 17.6 Å². The van der Waals surface area contributed by atoms with Crippen LogP contribution in [-0.4, -0.2) is 26.3 Å². The number of hydrogen-bond donors (Lipinski definition) is 0. The molecule has 0 radical (unpaired) electrons. The lowest BCUT2D eigenvalue weighted by molar-refractivity contribution is -0.141. The molecule has 7 nitrogen and oxygen atoms in total. The van der Waals surface area contributed by atoms with Crippen LogP contribution in [0.25, 0.3) is 5.65 Å². The van der Waals surface area contributed by atoms with Gasteiger partial charge in [-0.15, -0.1) is 0 Å². The van der Waals surface area contributed by atoms with Crippen LogP contribution in [0.3, 0.4) is 0 Å². The van der Waals surface area contributed by atoms with Crippen molar-refractivity contribution < 1.29 is 17.9 Å². The molecule has 0 amide bonds. The van der Waals surface area contributed by atoms with Gasteiger partial charge in [0, 0.05) is 18.1 Å². The van der Waals surface area contributed by atoms with Gasteiger partial charge in [-0.3, -0.25) is 9.20 Å². The summed E-state index contributed by atoms with van der Waals surface area (Å²) >= 11 is 5.85. The van der Waals surface area contributed by atoms with Crippen molar-refractivity contribution in [2.24, 2.45) is 5.92 Å². The first-order chi connectivity index (χ1) is 13.7. The van der Waals surface area contributed by atoms with Gasteiger partial charge >= 0.3 is 6.18 Å². The Bertz CT molecular complexity index is 1210. The number of fused-ring (bicyclic) bond motifs is 1. The van der Waals surface area contributed by atoms with E-state index in [-0.39, 0.29) is 29.2 Å². The minimum atomic E-state index is -4.63. The molecule has 0 saturated heterocycles. The third kappa shape index (κ3) is 3.42. The van der Waals surface area contributed by atoms with Gasteiger partial charge in [0.1, 0.15) is 16.5 Å². The fraction of sp³-hybridized carbons (Fsp3) is 0.333. The first-order valence-corrected chi connectivity index (χ1v) is 8.90. The Kier molecular flexibility index (Phi) is 4.50. The Hall–Kier alpha value is -3.06. The number of ether oxygens (including phenoxy) is 1. The summed E-state index contributed by atoms with van der Waals surface area (Å²) in [5, 5.41) is 12.4. The van der Waals surface area contributed by atoms with Crippen molar-refractivity contribution in [1.29, 1.82) is 5.26 Å². The smallest absolute Gasteiger partial charge is 0.435 e. The molecule has 0 aliphatic heterocycles. The highest BCUT2D eigenvalue weighted by Crippen LogP contribution is 2.49. The average Bonchev–Trinajstić information content (AvgIpc) is 3.35. The predicted octanol–water partition coefficient (Wildman–Crippen LogP) is 3.25. The lowest BCUT2D eigenvalue weighted by Gasteiger charge is -2.13. The molecule has 4 rings (SSSR count). The van der Waals surface area contributed by atoms with Crippen molar-refractivity contribution in [3.63, 3.8) is 0 Å². The van der Waals surface area contributed by atoms with Crippen LogP contribution in [-0.2, 0) is 12.7 Å². The molecule has 0 spiro atoms. The zero-order chi connectivity index (χ0) is 20.9. The topological polar surface area (TPSA) is 85.2 Å². The van der Waals surface area contributed by atoms with Crippen LogP contribution in [0, 0.1) is 17.2 Å². The number of nitriles is 1. The second-order valence-electron chi connectivity index (χ2n) is 6.65. The van der Waals surface area contributed by atoms with E-state index in [1.54, 1.807) is 12.1 Å². The van der Waals surface area contributed by atoms with E-state index in [9.17, 15) is 18.0 Å². The fourth-order valence-electron chi connectivity index (χ4n) is 3.29. The summed E-state index contributed by atoms with van der Waals surface area (Å²) in [6.07, 6.45) is -4.01. The van der Waals surface area contributed by atoms with E-state index in [4.69, 9.17) is 21.6 Å². The Morgan fingerprint density at radius 2 is 2.14 bits per heavy atom. The summed E-state index contributed by atoms with van der Waals surface area (Å²) in [5.74, 6) is 0.130. The Morgan fingerprint density at radius 1 is 1.38 bits per heavy atom. The second kappa shape index (κ2) is 6.77. The SMILES string of the molecule is COc1ccc2nc(Cn3nc(C(F)(F)F)cc3Cl)cc(=O)n2c1[C@H]1CC1C#N. The van der Waals surface area contributed by atoms with Crippen molar-refractivity contribution in [2.45, 2.75) is 25.1 Å². The molecule has 1 unspecified atom stereocenters. The molecule has 0 bridgehead atoms. The molecule has 0 aromatic carbocycles. The standard InChI is InChI=1S/C18H13ClF3N5O2/c1-29-12-2-3-15-24-10(8-26-14(19)6-13(25-26)18(20,21)22)5-16(28)27(15)17(12)11-4-9(11)7-23/h2-3,5-6,9,11H,4,8H2,1H3/t9?,11-/m0/s1. The number of hydrogen-bond acceptors (Lipinski definition) is 5. The second-order valence-corrected chi connectivity index (χ2v) is 7.04. The van der Waals surface area contributed by atoms with Gasteiger partial charge in [-0.05, 0) is 18.6 Å². The fourth-order valence-corrected chi connectivity index (χ4v) is 3.49. The van der Waals surface area contributed by atoms with Crippen LogP contribution >= 0.6 is 11.6 Å². The summed E-state index contributed by atoms with van der Waals surface area (Å²) in [4.78, 5) is 17.2.